The second-order valence-electron chi connectivity index (χ2n) is 7.11. The van der Waals surface area contributed by atoms with Crippen LogP contribution in [0.3, 0.4) is 0 Å². The summed E-state index contributed by atoms with van der Waals surface area (Å²) in [6.07, 6.45) is 11.5. The summed E-state index contributed by atoms with van der Waals surface area (Å²) in [7, 11) is 0. The van der Waals surface area contributed by atoms with Crippen LogP contribution in [-0.4, -0.2) is 16.8 Å². The van der Waals surface area contributed by atoms with Crippen LogP contribution in [0.1, 0.15) is 82.4 Å². The molecule has 3 N–H and O–H groups in total. The second kappa shape index (κ2) is 9.17. The Kier molecular flexibility index (Phi) is 7.22. The Hall–Kier alpha value is -1.22. The van der Waals surface area contributed by atoms with Gasteiger partial charge in [0.05, 0.1) is 0 Å². The molecule has 0 radical (unpaired) electrons. The van der Waals surface area contributed by atoms with E-state index < -0.39 is 0 Å². The molecule has 1 aromatic rings. The molecule has 0 fully saturated rings. The Balaban J connectivity index is 1.82. The molecule has 23 heavy (non-hydrogen) atoms. The number of phenolic OH excluding ortho intramolecular Hbond substituents is 2. The van der Waals surface area contributed by atoms with Gasteiger partial charge in [-0.25, -0.2) is 0 Å². The Labute approximate surface area is 141 Å². The fraction of sp³-hybridized carbons (Fsp3) is 0.700. The molecule has 1 heterocycles. The van der Waals surface area contributed by atoms with Crippen molar-refractivity contribution in [3.63, 3.8) is 0 Å². The van der Waals surface area contributed by atoms with Crippen LogP contribution in [-0.2, 0) is 6.42 Å². The van der Waals surface area contributed by atoms with Crippen molar-refractivity contribution >= 4 is 0 Å². The van der Waals surface area contributed by atoms with E-state index in [9.17, 15) is 10.2 Å². The zero-order valence-corrected chi connectivity index (χ0v) is 14.8. The molecule has 0 saturated carbocycles. The van der Waals surface area contributed by atoms with E-state index in [0.29, 0.717) is 12.0 Å². The molecule has 0 saturated heterocycles. The second-order valence-corrected chi connectivity index (χ2v) is 7.11. The average molecular weight is 319 g/mol. The van der Waals surface area contributed by atoms with Crippen molar-refractivity contribution in [3.8, 4) is 11.5 Å². The van der Waals surface area contributed by atoms with E-state index in [0.717, 1.165) is 13.0 Å². The lowest BCUT2D eigenvalue weighted by atomic mass is 9.84. The average Bonchev–Trinajstić information content (AvgIpc) is 2.54. The SMILES string of the molecule is CCCCCCCCC[C@H](C)[C@H]1NCCc2cc(O)c(O)cc21. The molecular formula is C20H33NO2. The molecule has 0 aromatic heterocycles. The van der Waals surface area contributed by atoms with E-state index in [1.54, 1.807) is 12.1 Å². The van der Waals surface area contributed by atoms with Crippen LogP contribution in [0.4, 0.5) is 0 Å². The van der Waals surface area contributed by atoms with Crippen molar-refractivity contribution < 1.29 is 10.2 Å². The number of aromatic hydroxyl groups is 2. The maximum Gasteiger partial charge on any atom is 0.157 e. The quantitative estimate of drug-likeness (QED) is 0.440. The van der Waals surface area contributed by atoms with Gasteiger partial charge in [0.1, 0.15) is 0 Å². The molecule has 3 nitrogen and oxygen atoms in total. The summed E-state index contributed by atoms with van der Waals surface area (Å²) in [5.74, 6) is 0.554. The van der Waals surface area contributed by atoms with Gasteiger partial charge in [0, 0.05) is 6.04 Å². The number of hydrogen-bond donors (Lipinski definition) is 3. The third-order valence-electron chi connectivity index (χ3n) is 5.16. The van der Waals surface area contributed by atoms with Gasteiger partial charge < -0.3 is 15.5 Å². The summed E-state index contributed by atoms with van der Waals surface area (Å²) in [4.78, 5) is 0. The van der Waals surface area contributed by atoms with E-state index in [2.05, 4.69) is 19.2 Å². The number of rotatable bonds is 9. The van der Waals surface area contributed by atoms with Gasteiger partial charge in [-0.15, -0.1) is 0 Å². The lowest BCUT2D eigenvalue weighted by Gasteiger charge is -2.32. The highest BCUT2D eigenvalue weighted by molar-refractivity contribution is 5.47. The van der Waals surface area contributed by atoms with Crippen LogP contribution in [0.2, 0.25) is 0 Å². The minimum Gasteiger partial charge on any atom is -0.504 e. The molecule has 0 bridgehead atoms. The van der Waals surface area contributed by atoms with Gasteiger partial charge in [0.2, 0.25) is 0 Å². The van der Waals surface area contributed by atoms with Gasteiger partial charge in [-0.1, -0.05) is 58.8 Å². The van der Waals surface area contributed by atoms with Gasteiger partial charge in [-0.3, -0.25) is 0 Å². The number of hydrogen-bond acceptors (Lipinski definition) is 3. The maximum atomic E-state index is 9.81. The fourth-order valence-corrected chi connectivity index (χ4v) is 3.71. The zero-order valence-electron chi connectivity index (χ0n) is 14.8. The largest absolute Gasteiger partial charge is 0.504 e. The summed E-state index contributed by atoms with van der Waals surface area (Å²) >= 11 is 0. The molecule has 0 aliphatic carbocycles. The summed E-state index contributed by atoms with van der Waals surface area (Å²) in [5, 5.41) is 23.1. The van der Waals surface area contributed by atoms with E-state index in [1.165, 1.54) is 62.5 Å². The monoisotopic (exact) mass is 319 g/mol. The summed E-state index contributed by atoms with van der Waals surface area (Å²) in [6.45, 7) is 5.51. The predicted octanol–water partition coefficient (Wildman–Crippen LogP) is 5.06. The third-order valence-corrected chi connectivity index (χ3v) is 5.16. The van der Waals surface area contributed by atoms with Gasteiger partial charge in [-0.05, 0) is 48.6 Å². The maximum absolute atomic E-state index is 9.81. The van der Waals surface area contributed by atoms with E-state index >= 15 is 0 Å². The molecule has 3 heteroatoms. The van der Waals surface area contributed by atoms with E-state index in [4.69, 9.17) is 0 Å². The van der Waals surface area contributed by atoms with E-state index in [-0.39, 0.29) is 11.5 Å². The van der Waals surface area contributed by atoms with Crippen LogP contribution < -0.4 is 5.32 Å². The van der Waals surface area contributed by atoms with Crippen molar-refractivity contribution in [3.05, 3.63) is 23.3 Å². The third kappa shape index (κ3) is 5.13. The van der Waals surface area contributed by atoms with Gasteiger partial charge in [0.25, 0.3) is 0 Å². The van der Waals surface area contributed by atoms with Crippen molar-refractivity contribution in [1.82, 2.24) is 5.32 Å². The number of benzene rings is 1. The predicted molar refractivity (Wildman–Crippen MR) is 96.0 cm³/mol. The summed E-state index contributed by atoms with van der Waals surface area (Å²) in [6, 6.07) is 3.78. The van der Waals surface area contributed by atoms with Crippen LogP contribution in [0.15, 0.2) is 12.1 Å². The molecule has 0 spiro atoms. The van der Waals surface area contributed by atoms with Crippen molar-refractivity contribution in [1.29, 1.82) is 0 Å². The molecule has 1 aromatic carbocycles. The number of phenols is 2. The smallest absolute Gasteiger partial charge is 0.157 e. The first kappa shape index (κ1) is 18.1. The highest BCUT2D eigenvalue weighted by Crippen LogP contribution is 2.37. The molecule has 0 amide bonds. The molecule has 130 valence electrons. The van der Waals surface area contributed by atoms with Gasteiger partial charge in [0.15, 0.2) is 11.5 Å². The van der Waals surface area contributed by atoms with Crippen LogP contribution >= 0.6 is 0 Å². The van der Waals surface area contributed by atoms with Crippen LogP contribution in [0, 0.1) is 5.92 Å². The lowest BCUT2D eigenvalue weighted by molar-refractivity contribution is 0.337. The Bertz CT molecular complexity index is 487. The van der Waals surface area contributed by atoms with Gasteiger partial charge in [-0.2, -0.15) is 0 Å². The molecule has 1 aliphatic heterocycles. The highest BCUT2D eigenvalue weighted by atomic mass is 16.3. The highest BCUT2D eigenvalue weighted by Gasteiger charge is 2.25. The number of nitrogens with one attached hydrogen (secondary N) is 1. The van der Waals surface area contributed by atoms with Crippen molar-refractivity contribution in [2.75, 3.05) is 6.54 Å². The lowest BCUT2D eigenvalue weighted by Crippen LogP contribution is -2.33. The van der Waals surface area contributed by atoms with Crippen LogP contribution in [0.5, 0.6) is 11.5 Å². The Morgan fingerprint density at radius 3 is 2.43 bits per heavy atom. The zero-order chi connectivity index (χ0) is 16.7. The normalized spacial score (nSPS) is 18.6. The summed E-state index contributed by atoms with van der Waals surface area (Å²) < 4.78 is 0. The minimum absolute atomic E-state index is 0.000532. The Morgan fingerprint density at radius 2 is 1.70 bits per heavy atom. The van der Waals surface area contributed by atoms with Gasteiger partial charge >= 0.3 is 0 Å². The summed E-state index contributed by atoms with van der Waals surface area (Å²) in [5.41, 5.74) is 2.34. The standard InChI is InChI=1S/C20H33NO2/c1-3-4-5-6-7-8-9-10-15(2)20-17-14-19(23)18(22)13-16(17)11-12-21-20/h13-15,20-23H,3-12H2,1-2H3/t15-,20+/m0/s1. The fourth-order valence-electron chi connectivity index (χ4n) is 3.71. The number of unbranched alkanes of at least 4 members (excludes halogenated alkanes) is 6. The minimum atomic E-state index is 0.000532. The van der Waals surface area contributed by atoms with E-state index in [1.807, 2.05) is 0 Å². The number of fused-ring (bicyclic) bond motifs is 1. The van der Waals surface area contributed by atoms with Crippen molar-refractivity contribution in [2.24, 2.45) is 5.92 Å². The first-order valence-electron chi connectivity index (χ1n) is 9.41. The molecular weight excluding hydrogens is 286 g/mol. The first-order valence-corrected chi connectivity index (χ1v) is 9.41. The molecule has 2 atom stereocenters. The van der Waals surface area contributed by atoms with Crippen LogP contribution in [0.25, 0.3) is 0 Å². The van der Waals surface area contributed by atoms with Crippen molar-refractivity contribution in [2.45, 2.75) is 77.7 Å². The Morgan fingerprint density at radius 1 is 1.04 bits per heavy atom. The topological polar surface area (TPSA) is 52.5 Å². The first-order chi connectivity index (χ1) is 11.1. The molecule has 0 unspecified atom stereocenters. The molecule has 1 aliphatic rings. The molecule has 2 rings (SSSR count).